The summed E-state index contributed by atoms with van der Waals surface area (Å²) in [6, 6.07) is 5.95. The van der Waals surface area contributed by atoms with Crippen molar-refractivity contribution in [2.24, 2.45) is 0 Å². The molecule has 0 aliphatic rings. The number of aromatic nitrogens is 2. The number of benzene rings is 1. The van der Waals surface area contributed by atoms with Crippen molar-refractivity contribution in [2.75, 3.05) is 5.73 Å². The standard InChI is InChI=1S/C8H5BrIN3/c9-7-5-2-1-4(10)3-6(5)12-8(11)13-7/h1-3H,(H2,11,12,13). The smallest absolute Gasteiger partial charge is 0.221 e. The molecule has 0 saturated heterocycles. The van der Waals surface area contributed by atoms with Crippen molar-refractivity contribution in [3.63, 3.8) is 0 Å². The molecule has 13 heavy (non-hydrogen) atoms. The maximum absolute atomic E-state index is 5.52. The van der Waals surface area contributed by atoms with Gasteiger partial charge in [0.15, 0.2) is 0 Å². The number of nitrogens with zero attached hydrogens (tertiary/aromatic N) is 2. The van der Waals surface area contributed by atoms with Crippen molar-refractivity contribution >= 4 is 55.4 Å². The fourth-order valence-corrected chi connectivity index (χ4v) is 2.07. The average molecular weight is 350 g/mol. The lowest BCUT2D eigenvalue weighted by Crippen LogP contribution is -1.95. The van der Waals surface area contributed by atoms with E-state index in [0.29, 0.717) is 5.95 Å². The molecular formula is C8H5BrIN3. The number of nitrogen functional groups attached to an aromatic ring is 1. The van der Waals surface area contributed by atoms with Crippen LogP contribution in [0, 0.1) is 3.57 Å². The molecule has 2 aromatic rings. The van der Waals surface area contributed by atoms with Crippen molar-refractivity contribution < 1.29 is 0 Å². The fraction of sp³-hybridized carbons (Fsp3) is 0. The second-order valence-electron chi connectivity index (χ2n) is 2.53. The third kappa shape index (κ3) is 1.76. The van der Waals surface area contributed by atoms with E-state index in [1.807, 2.05) is 18.2 Å². The summed E-state index contributed by atoms with van der Waals surface area (Å²) in [4.78, 5) is 8.14. The van der Waals surface area contributed by atoms with Crippen LogP contribution in [0.15, 0.2) is 22.8 Å². The van der Waals surface area contributed by atoms with Crippen LogP contribution in [0.3, 0.4) is 0 Å². The summed E-state index contributed by atoms with van der Waals surface area (Å²) >= 11 is 5.57. The normalized spacial score (nSPS) is 10.6. The molecule has 0 fully saturated rings. The molecule has 0 spiro atoms. The molecule has 0 atom stereocenters. The first-order valence-electron chi connectivity index (χ1n) is 3.55. The number of halogens is 2. The Balaban J connectivity index is 2.86. The van der Waals surface area contributed by atoms with Crippen LogP contribution in [-0.2, 0) is 0 Å². The van der Waals surface area contributed by atoms with Crippen LogP contribution < -0.4 is 5.73 Å². The Morgan fingerprint density at radius 3 is 2.85 bits per heavy atom. The highest BCUT2D eigenvalue weighted by Crippen LogP contribution is 2.22. The van der Waals surface area contributed by atoms with Crippen LogP contribution in [0.4, 0.5) is 5.95 Å². The van der Waals surface area contributed by atoms with E-state index in [2.05, 4.69) is 48.5 Å². The first kappa shape index (κ1) is 9.14. The number of hydrogen-bond acceptors (Lipinski definition) is 3. The monoisotopic (exact) mass is 349 g/mol. The van der Waals surface area contributed by atoms with Gasteiger partial charge in [-0.25, -0.2) is 9.97 Å². The molecule has 1 aromatic heterocycles. The summed E-state index contributed by atoms with van der Waals surface area (Å²) in [7, 11) is 0. The number of hydrogen-bond donors (Lipinski definition) is 1. The predicted octanol–water partition coefficient (Wildman–Crippen LogP) is 2.58. The van der Waals surface area contributed by atoms with Gasteiger partial charge in [-0.15, -0.1) is 0 Å². The van der Waals surface area contributed by atoms with Gasteiger partial charge in [-0.3, -0.25) is 0 Å². The highest BCUT2D eigenvalue weighted by atomic mass is 127. The van der Waals surface area contributed by atoms with E-state index in [4.69, 9.17) is 5.73 Å². The molecule has 0 saturated carbocycles. The molecule has 0 radical (unpaired) electrons. The first-order chi connectivity index (χ1) is 6.16. The van der Waals surface area contributed by atoms with E-state index in [1.54, 1.807) is 0 Å². The number of nitrogens with two attached hydrogens (primary N) is 1. The van der Waals surface area contributed by atoms with Crippen LogP contribution in [0.2, 0.25) is 0 Å². The maximum atomic E-state index is 5.52. The van der Waals surface area contributed by atoms with E-state index in [9.17, 15) is 0 Å². The van der Waals surface area contributed by atoms with Gasteiger partial charge in [-0.1, -0.05) is 0 Å². The van der Waals surface area contributed by atoms with Gasteiger partial charge in [0.2, 0.25) is 5.95 Å². The van der Waals surface area contributed by atoms with Crippen LogP contribution in [0.25, 0.3) is 10.9 Å². The summed E-state index contributed by atoms with van der Waals surface area (Å²) in [6.45, 7) is 0. The van der Waals surface area contributed by atoms with Gasteiger partial charge in [-0.2, -0.15) is 0 Å². The van der Waals surface area contributed by atoms with E-state index in [0.717, 1.165) is 19.1 Å². The van der Waals surface area contributed by atoms with Gasteiger partial charge < -0.3 is 5.73 Å². The summed E-state index contributed by atoms with van der Waals surface area (Å²) < 4.78 is 1.88. The third-order valence-corrected chi connectivity index (χ3v) is 2.91. The third-order valence-electron chi connectivity index (χ3n) is 1.63. The largest absolute Gasteiger partial charge is 0.368 e. The Kier molecular flexibility index (Phi) is 2.37. The second-order valence-corrected chi connectivity index (χ2v) is 4.53. The van der Waals surface area contributed by atoms with Gasteiger partial charge >= 0.3 is 0 Å². The Morgan fingerprint density at radius 1 is 1.31 bits per heavy atom. The lowest BCUT2D eigenvalue weighted by molar-refractivity contribution is 1.21. The second kappa shape index (κ2) is 3.38. The van der Waals surface area contributed by atoms with Crippen LogP contribution in [-0.4, -0.2) is 9.97 Å². The molecule has 3 nitrogen and oxygen atoms in total. The minimum absolute atomic E-state index is 0.293. The summed E-state index contributed by atoms with van der Waals surface area (Å²) in [5.41, 5.74) is 6.39. The zero-order valence-corrected chi connectivity index (χ0v) is 10.2. The molecule has 1 aromatic carbocycles. The molecule has 2 N–H and O–H groups in total. The molecule has 5 heteroatoms. The van der Waals surface area contributed by atoms with E-state index < -0.39 is 0 Å². The van der Waals surface area contributed by atoms with Crippen molar-refractivity contribution in [1.29, 1.82) is 0 Å². The molecule has 66 valence electrons. The molecule has 2 rings (SSSR count). The fourth-order valence-electron chi connectivity index (χ4n) is 1.08. The Morgan fingerprint density at radius 2 is 2.08 bits per heavy atom. The zero-order chi connectivity index (χ0) is 9.42. The molecular weight excluding hydrogens is 345 g/mol. The van der Waals surface area contributed by atoms with E-state index in [1.165, 1.54) is 0 Å². The van der Waals surface area contributed by atoms with Gasteiger partial charge in [0.1, 0.15) is 4.60 Å². The van der Waals surface area contributed by atoms with Gasteiger partial charge in [0.05, 0.1) is 5.52 Å². The number of rotatable bonds is 0. The highest BCUT2D eigenvalue weighted by Gasteiger charge is 2.02. The summed E-state index contributed by atoms with van der Waals surface area (Å²) in [5.74, 6) is 0.293. The van der Waals surface area contributed by atoms with Gasteiger partial charge in [-0.05, 0) is 56.7 Å². The first-order valence-corrected chi connectivity index (χ1v) is 5.42. The summed E-state index contributed by atoms with van der Waals surface area (Å²) in [6.07, 6.45) is 0. The van der Waals surface area contributed by atoms with Gasteiger partial charge in [0, 0.05) is 8.96 Å². The topological polar surface area (TPSA) is 51.8 Å². The SMILES string of the molecule is Nc1nc(Br)c2ccc(I)cc2n1. The molecule has 0 unspecified atom stereocenters. The predicted molar refractivity (Wildman–Crippen MR) is 64.4 cm³/mol. The minimum Gasteiger partial charge on any atom is -0.368 e. The van der Waals surface area contributed by atoms with Gasteiger partial charge in [0.25, 0.3) is 0 Å². The molecule has 0 aliphatic heterocycles. The lowest BCUT2D eigenvalue weighted by Gasteiger charge is -2.00. The van der Waals surface area contributed by atoms with Crippen molar-refractivity contribution in [3.05, 3.63) is 26.4 Å². The molecule has 0 bridgehead atoms. The number of fused-ring (bicyclic) bond motifs is 1. The van der Waals surface area contributed by atoms with Crippen LogP contribution >= 0.6 is 38.5 Å². The Hall–Kier alpha value is -0.430. The highest BCUT2D eigenvalue weighted by molar-refractivity contribution is 14.1. The van der Waals surface area contributed by atoms with Crippen LogP contribution in [0.5, 0.6) is 0 Å². The molecule has 0 aliphatic carbocycles. The Bertz CT molecular complexity index is 467. The van der Waals surface area contributed by atoms with Crippen LogP contribution in [0.1, 0.15) is 0 Å². The van der Waals surface area contributed by atoms with Crippen molar-refractivity contribution in [3.8, 4) is 0 Å². The lowest BCUT2D eigenvalue weighted by atomic mass is 10.2. The van der Waals surface area contributed by atoms with Crippen molar-refractivity contribution in [1.82, 2.24) is 9.97 Å². The van der Waals surface area contributed by atoms with E-state index >= 15 is 0 Å². The van der Waals surface area contributed by atoms with Crippen molar-refractivity contribution in [2.45, 2.75) is 0 Å². The summed E-state index contributed by atoms with van der Waals surface area (Å²) in [5, 5.41) is 0.981. The quantitative estimate of drug-likeness (QED) is 0.587. The maximum Gasteiger partial charge on any atom is 0.221 e. The molecule has 0 amide bonds. The van der Waals surface area contributed by atoms with E-state index in [-0.39, 0.29) is 0 Å². The Labute approximate surface area is 97.0 Å². The minimum atomic E-state index is 0.293. The molecule has 1 heterocycles. The zero-order valence-electron chi connectivity index (χ0n) is 6.46. The number of anilines is 1. The average Bonchev–Trinajstić information content (AvgIpc) is 2.02.